The van der Waals surface area contributed by atoms with Crippen LogP contribution in [-0.2, 0) is 12.3 Å². The molecule has 0 spiro atoms. The predicted molar refractivity (Wildman–Crippen MR) is 59.1 cm³/mol. The largest absolute Gasteiger partial charge is 0.302 e. The maximum atomic E-state index is 6.07. The molecule has 0 saturated carbocycles. The number of rotatable bonds is 2. The number of alkyl halides is 1. The molecular weight excluding hydrogens is 219 g/mol. The van der Waals surface area contributed by atoms with Crippen molar-refractivity contribution in [2.75, 3.05) is 0 Å². The van der Waals surface area contributed by atoms with Crippen molar-refractivity contribution in [3.05, 3.63) is 34.7 Å². The third-order valence-electron chi connectivity index (χ3n) is 2.20. The van der Waals surface area contributed by atoms with Gasteiger partial charge in [-0.15, -0.1) is 11.6 Å². The molecule has 2 heterocycles. The Labute approximate surface area is 92.5 Å². The molecule has 0 fully saturated rings. The third kappa shape index (κ3) is 1.49. The van der Waals surface area contributed by atoms with E-state index in [0.717, 1.165) is 28.5 Å². The molecule has 74 valence electrons. The van der Waals surface area contributed by atoms with Gasteiger partial charge in [-0.25, -0.2) is 4.98 Å². The van der Waals surface area contributed by atoms with Gasteiger partial charge < -0.3 is 4.40 Å². The van der Waals surface area contributed by atoms with Crippen LogP contribution in [0.3, 0.4) is 0 Å². The molecule has 2 aromatic heterocycles. The van der Waals surface area contributed by atoms with E-state index in [0.29, 0.717) is 5.88 Å². The molecule has 2 rings (SSSR count). The summed E-state index contributed by atoms with van der Waals surface area (Å²) < 4.78 is 2.00. The van der Waals surface area contributed by atoms with Crippen LogP contribution in [0, 0.1) is 0 Å². The number of aromatic nitrogens is 2. The van der Waals surface area contributed by atoms with Gasteiger partial charge in [-0.3, -0.25) is 0 Å². The van der Waals surface area contributed by atoms with E-state index in [2.05, 4.69) is 11.9 Å². The van der Waals surface area contributed by atoms with Gasteiger partial charge in [0.05, 0.1) is 16.6 Å². The van der Waals surface area contributed by atoms with Crippen molar-refractivity contribution in [2.24, 2.45) is 0 Å². The number of pyridine rings is 1. The number of hydrogen-bond donors (Lipinski definition) is 0. The van der Waals surface area contributed by atoms with Gasteiger partial charge in [0.2, 0.25) is 0 Å². The van der Waals surface area contributed by atoms with Crippen molar-refractivity contribution in [1.82, 2.24) is 9.38 Å². The number of imidazole rings is 1. The fourth-order valence-corrected chi connectivity index (χ4v) is 1.96. The van der Waals surface area contributed by atoms with Crippen molar-refractivity contribution in [1.29, 1.82) is 0 Å². The fraction of sp³-hybridized carbons (Fsp3) is 0.300. The van der Waals surface area contributed by atoms with Crippen LogP contribution >= 0.6 is 23.2 Å². The summed E-state index contributed by atoms with van der Waals surface area (Å²) in [7, 11) is 0. The van der Waals surface area contributed by atoms with Crippen molar-refractivity contribution in [3.63, 3.8) is 0 Å². The highest BCUT2D eigenvalue weighted by Gasteiger charge is 2.06. The highest BCUT2D eigenvalue weighted by atomic mass is 35.5. The van der Waals surface area contributed by atoms with E-state index < -0.39 is 0 Å². The summed E-state index contributed by atoms with van der Waals surface area (Å²) in [5, 5.41) is 0.776. The summed E-state index contributed by atoms with van der Waals surface area (Å²) in [6, 6.07) is 3.78. The molecule has 14 heavy (non-hydrogen) atoms. The summed E-state index contributed by atoms with van der Waals surface area (Å²) in [6.07, 6.45) is 2.82. The van der Waals surface area contributed by atoms with Gasteiger partial charge in [0, 0.05) is 11.9 Å². The Hall–Kier alpha value is -0.730. The molecule has 0 bridgehead atoms. The third-order valence-corrected chi connectivity index (χ3v) is 2.82. The number of fused-ring (bicyclic) bond motifs is 1. The van der Waals surface area contributed by atoms with Crippen LogP contribution in [0.4, 0.5) is 0 Å². The van der Waals surface area contributed by atoms with Gasteiger partial charge in [-0.1, -0.05) is 18.5 Å². The molecule has 0 aliphatic heterocycles. The second-order valence-electron chi connectivity index (χ2n) is 3.08. The lowest BCUT2D eigenvalue weighted by Crippen LogP contribution is -1.94. The average molecular weight is 229 g/mol. The highest BCUT2D eigenvalue weighted by Crippen LogP contribution is 2.19. The van der Waals surface area contributed by atoms with Crippen molar-refractivity contribution >= 4 is 28.8 Å². The summed E-state index contributed by atoms with van der Waals surface area (Å²) in [6.45, 7) is 2.07. The van der Waals surface area contributed by atoms with Gasteiger partial charge in [0.25, 0.3) is 0 Å². The molecule has 2 aromatic rings. The number of aryl methyl sites for hydroxylation is 1. The number of hydrogen-bond acceptors (Lipinski definition) is 1. The van der Waals surface area contributed by atoms with Crippen LogP contribution < -0.4 is 0 Å². The Balaban J connectivity index is 2.73. The van der Waals surface area contributed by atoms with Gasteiger partial charge in [-0.05, 0) is 18.6 Å². The van der Waals surface area contributed by atoms with Gasteiger partial charge in [-0.2, -0.15) is 0 Å². The van der Waals surface area contributed by atoms with Crippen LogP contribution in [0.15, 0.2) is 18.3 Å². The molecule has 0 aliphatic carbocycles. The molecule has 2 nitrogen and oxygen atoms in total. The van der Waals surface area contributed by atoms with E-state index in [4.69, 9.17) is 23.2 Å². The minimum Gasteiger partial charge on any atom is -0.302 e. The molecule has 0 amide bonds. The maximum Gasteiger partial charge on any atom is 0.137 e. The fourth-order valence-electron chi connectivity index (χ4n) is 1.54. The lowest BCUT2D eigenvalue weighted by molar-refractivity contribution is 0.979. The van der Waals surface area contributed by atoms with Gasteiger partial charge in [0.1, 0.15) is 5.65 Å². The first-order valence-electron chi connectivity index (χ1n) is 4.47. The molecule has 0 N–H and O–H groups in total. The first-order chi connectivity index (χ1) is 6.76. The van der Waals surface area contributed by atoms with E-state index in [1.165, 1.54) is 0 Å². The Morgan fingerprint density at radius 3 is 2.86 bits per heavy atom. The second-order valence-corrected chi connectivity index (χ2v) is 3.75. The van der Waals surface area contributed by atoms with E-state index in [-0.39, 0.29) is 0 Å². The quantitative estimate of drug-likeness (QED) is 0.722. The van der Waals surface area contributed by atoms with Crippen molar-refractivity contribution in [2.45, 2.75) is 19.2 Å². The average Bonchev–Trinajstić information content (AvgIpc) is 2.60. The monoisotopic (exact) mass is 228 g/mol. The zero-order chi connectivity index (χ0) is 10.1. The Morgan fingerprint density at radius 1 is 1.43 bits per heavy atom. The van der Waals surface area contributed by atoms with E-state index in [1.807, 2.05) is 22.7 Å². The summed E-state index contributed by atoms with van der Waals surface area (Å²) in [5.74, 6) is 0.433. The first-order valence-corrected chi connectivity index (χ1v) is 5.38. The normalized spacial score (nSPS) is 11.1. The highest BCUT2D eigenvalue weighted by molar-refractivity contribution is 6.31. The minimum absolute atomic E-state index is 0.433. The number of halogens is 2. The van der Waals surface area contributed by atoms with Crippen molar-refractivity contribution in [3.8, 4) is 0 Å². The smallest absolute Gasteiger partial charge is 0.137 e. The minimum atomic E-state index is 0.433. The maximum absolute atomic E-state index is 6.07. The summed E-state index contributed by atoms with van der Waals surface area (Å²) in [4.78, 5) is 4.35. The number of nitrogens with zero attached hydrogens (tertiary/aromatic N) is 2. The predicted octanol–water partition coefficient (Wildman–Crippen LogP) is 3.29. The summed E-state index contributed by atoms with van der Waals surface area (Å²) >= 11 is 11.8. The zero-order valence-corrected chi connectivity index (χ0v) is 9.31. The van der Waals surface area contributed by atoms with E-state index in [9.17, 15) is 0 Å². The Morgan fingerprint density at radius 2 is 2.21 bits per heavy atom. The van der Waals surface area contributed by atoms with Crippen LogP contribution in [0.5, 0.6) is 0 Å². The Bertz CT molecular complexity index is 462. The molecule has 0 radical (unpaired) electrons. The van der Waals surface area contributed by atoms with Crippen molar-refractivity contribution < 1.29 is 0 Å². The van der Waals surface area contributed by atoms with Gasteiger partial charge in [0.15, 0.2) is 0 Å². The lowest BCUT2D eigenvalue weighted by atomic mass is 10.3. The topological polar surface area (TPSA) is 17.3 Å². The molecule has 0 atom stereocenters. The molecule has 0 unspecified atom stereocenters. The zero-order valence-electron chi connectivity index (χ0n) is 7.80. The molecular formula is C10H10Cl2N2. The molecule has 0 saturated heterocycles. The molecule has 0 aliphatic rings. The Kier molecular flexibility index (Phi) is 2.66. The summed E-state index contributed by atoms with van der Waals surface area (Å²) in [5.41, 5.74) is 2.86. The first kappa shape index (κ1) is 9.81. The van der Waals surface area contributed by atoms with Crippen LogP contribution in [0.1, 0.15) is 18.3 Å². The second kappa shape index (κ2) is 3.79. The molecule has 0 aromatic carbocycles. The van der Waals surface area contributed by atoms with Gasteiger partial charge >= 0.3 is 0 Å². The van der Waals surface area contributed by atoms with Crippen LogP contribution in [0.2, 0.25) is 5.02 Å². The van der Waals surface area contributed by atoms with E-state index >= 15 is 0 Å². The standard InChI is InChI=1S/C10H10Cl2N2/c1-2-9-8(12)3-4-10-13-7(5-11)6-14(9)10/h3-4,6H,2,5H2,1H3. The SMILES string of the molecule is CCc1c(Cl)ccc2nc(CCl)cn12. The lowest BCUT2D eigenvalue weighted by Gasteiger charge is -2.03. The van der Waals surface area contributed by atoms with E-state index in [1.54, 1.807) is 0 Å². The van der Waals surface area contributed by atoms with Crippen LogP contribution in [0.25, 0.3) is 5.65 Å². The van der Waals surface area contributed by atoms with Crippen LogP contribution in [-0.4, -0.2) is 9.38 Å². The molecule has 4 heteroatoms.